The molecule has 0 aliphatic heterocycles. The summed E-state index contributed by atoms with van der Waals surface area (Å²) >= 11 is 0. The van der Waals surface area contributed by atoms with Crippen LogP contribution < -0.4 is 5.32 Å². The summed E-state index contributed by atoms with van der Waals surface area (Å²) < 4.78 is 10.9. The third kappa shape index (κ3) is 4.77. The van der Waals surface area contributed by atoms with Gasteiger partial charge < -0.3 is 5.32 Å². The molecular formula is C10H21NOS. The van der Waals surface area contributed by atoms with E-state index in [-0.39, 0.29) is 0 Å². The van der Waals surface area contributed by atoms with Crippen LogP contribution in [0.15, 0.2) is 0 Å². The molecule has 0 aromatic heterocycles. The van der Waals surface area contributed by atoms with Crippen molar-refractivity contribution in [2.75, 3.05) is 12.0 Å². The molecule has 13 heavy (non-hydrogen) atoms. The van der Waals surface area contributed by atoms with Crippen molar-refractivity contribution in [3.63, 3.8) is 0 Å². The molecule has 0 radical (unpaired) electrons. The average molecular weight is 203 g/mol. The first-order valence-electron chi connectivity index (χ1n) is 5.15. The summed E-state index contributed by atoms with van der Waals surface area (Å²) in [5.74, 6) is 1.74. The van der Waals surface area contributed by atoms with Crippen LogP contribution in [0.25, 0.3) is 0 Å². The number of hydrogen-bond donors (Lipinski definition) is 1. The summed E-state index contributed by atoms with van der Waals surface area (Å²) in [5, 5.41) is 3.56. The van der Waals surface area contributed by atoms with Gasteiger partial charge in [-0.05, 0) is 39.0 Å². The largest absolute Gasteiger partial charge is 0.311 e. The Kier molecular flexibility index (Phi) is 4.39. The maximum absolute atomic E-state index is 10.9. The van der Waals surface area contributed by atoms with Crippen LogP contribution in [-0.4, -0.2) is 28.3 Å². The van der Waals surface area contributed by atoms with Crippen molar-refractivity contribution in [2.24, 2.45) is 5.92 Å². The predicted octanol–water partition coefficient (Wildman–Crippen LogP) is 1.53. The number of nitrogens with one attached hydrogen (secondary N) is 1. The van der Waals surface area contributed by atoms with E-state index in [2.05, 4.69) is 19.2 Å². The Morgan fingerprint density at radius 1 is 1.46 bits per heavy atom. The lowest BCUT2D eigenvalue weighted by Crippen LogP contribution is -2.36. The van der Waals surface area contributed by atoms with E-state index in [9.17, 15) is 4.21 Å². The predicted molar refractivity (Wildman–Crippen MR) is 58.3 cm³/mol. The fourth-order valence-electron chi connectivity index (χ4n) is 1.61. The number of rotatable bonds is 6. The summed E-state index contributed by atoms with van der Waals surface area (Å²) in [6.45, 7) is 4.45. The Hall–Kier alpha value is 0.110. The lowest BCUT2D eigenvalue weighted by molar-refractivity contribution is 0.426. The molecule has 3 atom stereocenters. The van der Waals surface area contributed by atoms with E-state index in [1.807, 2.05) is 0 Å². The van der Waals surface area contributed by atoms with Crippen molar-refractivity contribution in [3.05, 3.63) is 0 Å². The zero-order valence-corrected chi connectivity index (χ0v) is 9.69. The maximum Gasteiger partial charge on any atom is 0.0246 e. The van der Waals surface area contributed by atoms with E-state index in [1.165, 1.54) is 12.8 Å². The lowest BCUT2D eigenvalue weighted by Gasteiger charge is -2.19. The fourth-order valence-corrected chi connectivity index (χ4v) is 2.29. The highest BCUT2D eigenvalue weighted by Crippen LogP contribution is 2.32. The standard InChI is InChI=1S/C10H21NOS/c1-8(6-7-13(3)12)11-9(2)10-4-5-10/h8-11H,4-7H2,1-3H3. The van der Waals surface area contributed by atoms with Gasteiger partial charge in [0.1, 0.15) is 0 Å². The SMILES string of the molecule is CC(CCS(C)=O)NC(C)C1CC1. The van der Waals surface area contributed by atoms with Gasteiger partial charge >= 0.3 is 0 Å². The van der Waals surface area contributed by atoms with Gasteiger partial charge in [-0.15, -0.1) is 0 Å². The topological polar surface area (TPSA) is 29.1 Å². The first-order valence-corrected chi connectivity index (χ1v) is 6.88. The minimum Gasteiger partial charge on any atom is -0.311 e. The van der Waals surface area contributed by atoms with Crippen LogP contribution in [0.3, 0.4) is 0 Å². The van der Waals surface area contributed by atoms with E-state index in [4.69, 9.17) is 0 Å². The van der Waals surface area contributed by atoms with Crippen LogP contribution in [0, 0.1) is 5.92 Å². The molecule has 3 heteroatoms. The summed E-state index contributed by atoms with van der Waals surface area (Å²) in [4.78, 5) is 0. The van der Waals surface area contributed by atoms with Crippen LogP contribution in [0.2, 0.25) is 0 Å². The van der Waals surface area contributed by atoms with Crippen molar-refractivity contribution in [3.8, 4) is 0 Å². The van der Waals surface area contributed by atoms with Crippen LogP contribution in [0.4, 0.5) is 0 Å². The van der Waals surface area contributed by atoms with E-state index >= 15 is 0 Å². The maximum atomic E-state index is 10.9. The highest BCUT2D eigenvalue weighted by atomic mass is 32.2. The second-order valence-corrected chi connectivity index (χ2v) is 5.81. The molecule has 0 bridgehead atoms. The Labute approximate surface area is 83.9 Å². The highest BCUT2D eigenvalue weighted by Gasteiger charge is 2.28. The minimum absolute atomic E-state index is 0.513. The van der Waals surface area contributed by atoms with Crippen molar-refractivity contribution in [1.29, 1.82) is 0 Å². The van der Waals surface area contributed by atoms with Gasteiger partial charge in [-0.1, -0.05) is 0 Å². The molecule has 1 N–H and O–H groups in total. The molecule has 1 aliphatic rings. The van der Waals surface area contributed by atoms with Gasteiger partial charge in [0.05, 0.1) is 0 Å². The molecule has 2 nitrogen and oxygen atoms in total. The third-order valence-corrected chi connectivity index (χ3v) is 3.53. The Bertz CT molecular complexity index is 180. The summed E-state index contributed by atoms with van der Waals surface area (Å²) in [7, 11) is -0.636. The Morgan fingerprint density at radius 2 is 2.08 bits per heavy atom. The van der Waals surface area contributed by atoms with E-state index in [0.29, 0.717) is 12.1 Å². The molecule has 1 rings (SSSR count). The van der Waals surface area contributed by atoms with Crippen LogP contribution in [0.1, 0.15) is 33.1 Å². The Morgan fingerprint density at radius 3 is 2.54 bits per heavy atom. The summed E-state index contributed by atoms with van der Waals surface area (Å²) in [6.07, 6.45) is 5.58. The average Bonchev–Trinajstić information content (AvgIpc) is 2.82. The molecular weight excluding hydrogens is 182 g/mol. The first kappa shape index (κ1) is 11.2. The monoisotopic (exact) mass is 203 g/mol. The second kappa shape index (κ2) is 5.11. The van der Waals surface area contributed by atoms with E-state index in [1.54, 1.807) is 6.26 Å². The van der Waals surface area contributed by atoms with E-state index in [0.717, 1.165) is 18.1 Å². The quantitative estimate of drug-likeness (QED) is 0.709. The third-order valence-electron chi connectivity index (χ3n) is 2.71. The highest BCUT2D eigenvalue weighted by molar-refractivity contribution is 7.84. The molecule has 78 valence electrons. The van der Waals surface area contributed by atoms with Gasteiger partial charge in [0.15, 0.2) is 0 Å². The van der Waals surface area contributed by atoms with E-state index < -0.39 is 10.8 Å². The molecule has 0 saturated heterocycles. The zero-order valence-electron chi connectivity index (χ0n) is 8.88. The summed E-state index contributed by atoms with van der Waals surface area (Å²) in [5.41, 5.74) is 0. The lowest BCUT2D eigenvalue weighted by atomic mass is 10.1. The fraction of sp³-hybridized carbons (Fsp3) is 1.00. The van der Waals surface area contributed by atoms with Gasteiger partial charge in [-0.2, -0.15) is 0 Å². The van der Waals surface area contributed by atoms with Gasteiger partial charge in [0.25, 0.3) is 0 Å². The molecule has 1 fully saturated rings. The normalized spacial score (nSPS) is 23.9. The summed E-state index contributed by atoms with van der Waals surface area (Å²) in [6, 6.07) is 1.17. The van der Waals surface area contributed by atoms with Gasteiger partial charge in [0, 0.05) is 34.9 Å². The molecule has 0 aromatic rings. The smallest absolute Gasteiger partial charge is 0.0246 e. The molecule has 3 unspecified atom stereocenters. The molecule has 1 saturated carbocycles. The van der Waals surface area contributed by atoms with Crippen molar-refractivity contribution in [1.82, 2.24) is 5.32 Å². The molecule has 1 aliphatic carbocycles. The molecule has 0 amide bonds. The molecule has 0 spiro atoms. The molecule has 0 heterocycles. The van der Waals surface area contributed by atoms with Crippen LogP contribution >= 0.6 is 0 Å². The molecule has 0 aromatic carbocycles. The van der Waals surface area contributed by atoms with Crippen molar-refractivity contribution in [2.45, 2.75) is 45.2 Å². The first-order chi connectivity index (χ1) is 6.09. The van der Waals surface area contributed by atoms with Gasteiger partial charge in [-0.3, -0.25) is 4.21 Å². The Balaban J connectivity index is 2.08. The number of hydrogen-bond acceptors (Lipinski definition) is 2. The van der Waals surface area contributed by atoms with Crippen LogP contribution in [-0.2, 0) is 10.8 Å². The van der Waals surface area contributed by atoms with Crippen molar-refractivity contribution >= 4 is 10.8 Å². The van der Waals surface area contributed by atoms with Crippen LogP contribution in [0.5, 0.6) is 0 Å². The van der Waals surface area contributed by atoms with Gasteiger partial charge in [-0.25, -0.2) is 0 Å². The second-order valence-electron chi connectivity index (χ2n) is 4.26. The van der Waals surface area contributed by atoms with Gasteiger partial charge in [0.2, 0.25) is 0 Å². The van der Waals surface area contributed by atoms with Crippen molar-refractivity contribution < 1.29 is 4.21 Å². The minimum atomic E-state index is -0.636. The zero-order chi connectivity index (χ0) is 9.84.